The van der Waals surface area contributed by atoms with Crippen LogP contribution in [0.5, 0.6) is 5.75 Å². The third-order valence-electron chi connectivity index (χ3n) is 4.46. The standard InChI is InChI=1S/C17H21Cl2NO4/c1-11(24-14-6-5-12(18)10-13(14)19)16(21)20-15-4-2-3-7-17(15)22-8-9-23-17/h5-6,10-11,15H,2-4,7-9H2,1H3,(H,20,21)/t11-,15+/m1/s1. The molecular formula is C17H21Cl2NO4. The molecule has 0 bridgehead atoms. The molecule has 5 nitrogen and oxygen atoms in total. The SMILES string of the molecule is C[C@@H](Oc1ccc(Cl)cc1Cl)C(=O)N[C@H]1CCCCC12OCCO2. The van der Waals surface area contributed by atoms with Crippen LogP contribution in [0.15, 0.2) is 18.2 Å². The fourth-order valence-corrected chi connectivity index (χ4v) is 3.67. The molecule has 2 fully saturated rings. The molecule has 0 aromatic heterocycles. The maximum Gasteiger partial charge on any atom is 0.261 e. The van der Waals surface area contributed by atoms with Crippen molar-refractivity contribution in [3.8, 4) is 5.75 Å². The molecule has 1 spiro atoms. The maximum atomic E-state index is 12.5. The average molecular weight is 374 g/mol. The Bertz CT molecular complexity index is 604. The van der Waals surface area contributed by atoms with Crippen LogP contribution in [0.3, 0.4) is 0 Å². The fraction of sp³-hybridized carbons (Fsp3) is 0.588. The van der Waals surface area contributed by atoms with E-state index in [1.807, 2.05) is 0 Å². The van der Waals surface area contributed by atoms with Gasteiger partial charge in [0, 0.05) is 11.4 Å². The first-order chi connectivity index (χ1) is 11.5. The zero-order valence-electron chi connectivity index (χ0n) is 13.5. The maximum absolute atomic E-state index is 12.5. The summed E-state index contributed by atoms with van der Waals surface area (Å²) in [5, 5.41) is 3.91. The lowest BCUT2D eigenvalue weighted by Crippen LogP contribution is -2.57. The topological polar surface area (TPSA) is 56.8 Å². The lowest BCUT2D eigenvalue weighted by molar-refractivity contribution is -0.197. The van der Waals surface area contributed by atoms with Gasteiger partial charge in [-0.05, 0) is 38.0 Å². The van der Waals surface area contributed by atoms with Gasteiger partial charge in [0.15, 0.2) is 11.9 Å². The minimum atomic E-state index is -0.691. The molecule has 2 atom stereocenters. The Labute approximate surface area is 151 Å². The van der Waals surface area contributed by atoms with Crippen LogP contribution < -0.4 is 10.1 Å². The summed E-state index contributed by atoms with van der Waals surface area (Å²) in [5.74, 6) is -0.465. The number of rotatable bonds is 4. The largest absolute Gasteiger partial charge is 0.479 e. The molecule has 1 amide bonds. The normalized spacial score (nSPS) is 23.9. The third kappa shape index (κ3) is 3.80. The molecule has 0 radical (unpaired) electrons. The average Bonchev–Trinajstić information content (AvgIpc) is 3.01. The number of hydrogen-bond acceptors (Lipinski definition) is 4. The van der Waals surface area contributed by atoms with Crippen LogP contribution in [-0.4, -0.2) is 37.1 Å². The van der Waals surface area contributed by atoms with E-state index in [0.717, 1.165) is 25.7 Å². The van der Waals surface area contributed by atoms with Crippen molar-refractivity contribution in [1.29, 1.82) is 0 Å². The van der Waals surface area contributed by atoms with E-state index in [4.69, 9.17) is 37.4 Å². The van der Waals surface area contributed by atoms with Crippen molar-refractivity contribution in [3.63, 3.8) is 0 Å². The number of hydrogen-bond donors (Lipinski definition) is 1. The summed E-state index contributed by atoms with van der Waals surface area (Å²) in [4.78, 5) is 12.5. The number of benzene rings is 1. The highest BCUT2D eigenvalue weighted by molar-refractivity contribution is 6.35. The molecule has 1 aliphatic carbocycles. The Hall–Kier alpha value is -1.01. The van der Waals surface area contributed by atoms with Crippen molar-refractivity contribution in [2.24, 2.45) is 0 Å². The second kappa shape index (κ2) is 7.48. The molecule has 1 heterocycles. The summed E-state index contributed by atoms with van der Waals surface area (Å²) in [6.07, 6.45) is 3.02. The molecule has 1 aliphatic heterocycles. The zero-order valence-corrected chi connectivity index (χ0v) is 15.0. The highest BCUT2D eigenvalue weighted by Gasteiger charge is 2.47. The molecule has 0 unspecified atom stereocenters. The molecular weight excluding hydrogens is 353 g/mol. The highest BCUT2D eigenvalue weighted by Crippen LogP contribution is 2.36. The first kappa shape index (κ1) is 17.8. The van der Waals surface area contributed by atoms with Gasteiger partial charge in [-0.2, -0.15) is 0 Å². The van der Waals surface area contributed by atoms with Gasteiger partial charge in [-0.3, -0.25) is 4.79 Å². The van der Waals surface area contributed by atoms with E-state index in [9.17, 15) is 4.79 Å². The quantitative estimate of drug-likeness (QED) is 0.876. The smallest absolute Gasteiger partial charge is 0.261 e. The Balaban J connectivity index is 1.63. The van der Waals surface area contributed by atoms with Crippen LogP contribution in [0.4, 0.5) is 0 Å². The van der Waals surface area contributed by atoms with Crippen LogP contribution in [0.1, 0.15) is 32.6 Å². The third-order valence-corrected chi connectivity index (χ3v) is 4.99. The summed E-state index contributed by atoms with van der Waals surface area (Å²) < 4.78 is 17.3. The van der Waals surface area contributed by atoms with Gasteiger partial charge in [0.05, 0.1) is 24.3 Å². The van der Waals surface area contributed by atoms with Gasteiger partial charge in [0.25, 0.3) is 5.91 Å². The molecule has 1 aromatic carbocycles. The van der Waals surface area contributed by atoms with E-state index < -0.39 is 11.9 Å². The van der Waals surface area contributed by atoms with Crippen molar-refractivity contribution in [2.45, 2.75) is 50.5 Å². The molecule has 7 heteroatoms. The first-order valence-electron chi connectivity index (χ1n) is 8.20. The minimum Gasteiger partial charge on any atom is -0.479 e. The summed E-state index contributed by atoms with van der Waals surface area (Å²) in [7, 11) is 0. The van der Waals surface area contributed by atoms with Crippen LogP contribution in [0.25, 0.3) is 0 Å². The summed E-state index contributed by atoms with van der Waals surface area (Å²) in [5.41, 5.74) is 0. The van der Waals surface area contributed by atoms with Crippen LogP contribution >= 0.6 is 23.2 Å². The van der Waals surface area contributed by atoms with Crippen molar-refractivity contribution >= 4 is 29.1 Å². The number of halogens is 2. The van der Waals surface area contributed by atoms with E-state index in [1.54, 1.807) is 25.1 Å². The van der Waals surface area contributed by atoms with Crippen LogP contribution in [-0.2, 0) is 14.3 Å². The predicted molar refractivity (Wildman–Crippen MR) is 91.6 cm³/mol. The first-order valence-corrected chi connectivity index (χ1v) is 8.96. The minimum absolute atomic E-state index is 0.159. The van der Waals surface area contributed by atoms with Crippen molar-refractivity contribution in [2.75, 3.05) is 13.2 Å². The molecule has 1 saturated heterocycles. The van der Waals surface area contributed by atoms with Gasteiger partial charge in [-0.1, -0.05) is 29.6 Å². The Morgan fingerprint density at radius 1 is 1.33 bits per heavy atom. The van der Waals surface area contributed by atoms with Crippen molar-refractivity contribution in [1.82, 2.24) is 5.32 Å². The Kier molecular flexibility index (Phi) is 5.55. The predicted octanol–water partition coefficient (Wildman–Crippen LogP) is 3.56. The summed E-state index contributed by atoms with van der Waals surface area (Å²) in [6, 6.07) is 4.75. The van der Waals surface area contributed by atoms with E-state index in [0.29, 0.717) is 29.0 Å². The van der Waals surface area contributed by atoms with Gasteiger partial charge in [0.2, 0.25) is 0 Å². The van der Waals surface area contributed by atoms with E-state index >= 15 is 0 Å². The number of carbonyl (C=O) groups is 1. The monoisotopic (exact) mass is 373 g/mol. The lowest BCUT2D eigenvalue weighted by atomic mass is 9.89. The van der Waals surface area contributed by atoms with Crippen LogP contribution in [0.2, 0.25) is 10.0 Å². The van der Waals surface area contributed by atoms with Gasteiger partial charge >= 0.3 is 0 Å². The van der Waals surface area contributed by atoms with Crippen molar-refractivity contribution < 1.29 is 19.0 Å². The molecule has 1 N–H and O–H groups in total. The number of nitrogens with one attached hydrogen (secondary N) is 1. The van der Waals surface area contributed by atoms with E-state index in [-0.39, 0.29) is 11.9 Å². The fourth-order valence-electron chi connectivity index (χ4n) is 3.22. The number of amides is 1. The second-order valence-corrected chi connectivity index (χ2v) is 6.99. The summed E-state index contributed by atoms with van der Waals surface area (Å²) >= 11 is 12.0. The van der Waals surface area contributed by atoms with E-state index in [1.165, 1.54) is 0 Å². The number of carbonyl (C=O) groups excluding carboxylic acids is 1. The molecule has 1 aromatic rings. The van der Waals surface area contributed by atoms with Gasteiger partial charge in [-0.25, -0.2) is 0 Å². The Morgan fingerprint density at radius 2 is 2.08 bits per heavy atom. The lowest BCUT2D eigenvalue weighted by Gasteiger charge is -2.39. The van der Waals surface area contributed by atoms with Gasteiger partial charge in [0.1, 0.15) is 5.75 Å². The van der Waals surface area contributed by atoms with Crippen molar-refractivity contribution in [3.05, 3.63) is 28.2 Å². The second-order valence-electron chi connectivity index (χ2n) is 6.15. The molecule has 1 saturated carbocycles. The summed E-state index contributed by atoms with van der Waals surface area (Å²) in [6.45, 7) is 2.82. The van der Waals surface area contributed by atoms with E-state index in [2.05, 4.69) is 5.32 Å². The molecule has 24 heavy (non-hydrogen) atoms. The molecule has 3 rings (SSSR count). The number of ether oxygens (including phenoxy) is 3. The molecule has 2 aliphatic rings. The zero-order chi connectivity index (χ0) is 17.2. The Morgan fingerprint density at radius 3 is 2.79 bits per heavy atom. The van der Waals surface area contributed by atoms with Gasteiger partial charge in [-0.15, -0.1) is 0 Å². The van der Waals surface area contributed by atoms with Gasteiger partial charge < -0.3 is 19.5 Å². The highest BCUT2D eigenvalue weighted by atomic mass is 35.5. The molecule has 132 valence electrons. The van der Waals surface area contributed by atoms with Crippen LogP contribution in [0, 0.1) is 0 Å².